The van der Waals surface area contributed by atoms with E-state index in [-0.39, 0.29) is 5.97 Å². The second-order valence-electron chi connectivity index (χ2n) is 5.93. The maximum absolute atomic E-state index is 12.6. The minimum absolute atomic E-state index is 0.358. The lowest BCUT2D eigenvalue weighted by molar-refractivity contribution is -0.170. The first-order chi connectivity index (χ1) is 11.1. The van der Waals surface area contributed by atoms with Crippen LogP contribution in [-0.4, -0.2) is 39.2 Å². The summed E-state index contributed by atoms with van der Waals surface area (Å²) in [5.41, 5.74) is 0.00423. The highest BCUT2D eigenvalue weighted by Gasteiger charge is 2.48. The van der Waals surface area contributed by atoms with Crippen LogP contribution in [-0.2, 0) is 14.3 Å². The van der Waals surface area contributed by atoms with Crippen molar-refractivity contribution in [3.8, 4) is 0 Å². The SMILES string of the molecule is COC(=O)[C@@]1(C)CCCC[C@H]1C(=O)On1nnc2cccnc21. The van der Waals surface area contributed by atoms with Crippen LogP contribution in [0.25, 0.3) is 11.2 Å². The lowest BCUT2D eigenvalue weighted by Crippen LogP contribution is -2.46. The molecule has 2 aromatic heterocycles. The Labute approximate surface area is 132 Å². The normalized spacial score (nSPS) is 24.3. The summed E-state index contributed by atoms with van der Waals surface area (Å²) in [7, 11) is 1.33. The third-order valence-electron chi connectivity index (χ3n) is 4.50. The van der Waals surface area contributed by atoms with E-state index in [1.165, 1.54) is 7.11 Å². The Morgan fingerprint density at radius 1 is 1.39 bits per heavy atom. The van der Waals surface area contributed by atoms with Crippen LogP contribution < -0.4 is 4.84 Å². The van der Waals surface area contributed by atoms with Crippen molar-refractivity contribution in [1.29, 1.82) is 0 Å². The predicted octanol–water partition coefficient (Wildman–Crippen LogP) is 1.15. The summed E-state index contributed by atoms with van der Waals surface area (Å²) in [6.07, 6.45) is 4.47. The van der Waals surface area contributed by atoms with Crippen LogP contribution in [0.2, 0.25) is 0 Å². The van der Waals surface area contributed by atoms with Crippen LogP contribution in [0.4, 0.5) is 0 Å². The van der Waals surface area contributed by atoms with E-state index in [4.69, 9.17) is 9.57 Å². The number of fused-ring (bicyclic) bond motifs is 1. The summed E-state index contributed by atoms with van der Waals surface area (Å²) in [6.45, 7) is 1.75. The largest absolute Gasteiger partial charge is 0.469 e. The highest BCUT2D eigenvalue weighted by Crippen LogP contribution is 2.42. The Hall–Kier alpha value is -2.51. The van der Waals surface area contributed by atoms with Gasteiger partial charge in [0.2, 0.25) is 5.65 Å². The fourth-order valence-electron chi connectivity index (χ4n) is 3.14. The molecule has 1 aliphatic rings. The number of carbonyl (C=O) groups is 2. The zero-order chi connectivity index (χ0) is 16.4. The van der Waals surface area contributed by atoms with E-state index < -0.39 is 17.3 Å². The van der Waals surface area contributed by atoms with Crippen molar-refractivity contribution in [2.45, 2.75) is 32.6 Å². The maximum atomic E-state index is 12.6. The molecule has 23 heavy (non-hydrogen) atoms. The molecule has 8 heteroatoms. The smallest absolute Gasteiger partial charge is 0.339 e. The molecule has 2 aromatic rings. The van der Waals surface area contributed by atoms with Gasteiger partial charge >= 0.3 is 11.9 Å². The second-order valence-corrected chi connectivity index (χ2v) is 5.93. The number of rotatable bonds is 3. The number of aromatic nitrogens is 4. The first kappa shape index (κ1) is 15.4. The van der Waals surface area contributed by atoms with Gasteiger partial charge in [0.15, 0.2) is 0 Å². The van der Waals surface area contributed by atoms with E-state index in [0.29, 0.717) is 24.0 Å². The zero-order valence-electron chi connectivity index (χ0n) is 13.1. The van der Waals surface area contributed by atoms with Crippen LogP contribution in [0.15, 0.2) is 18.3 Å². The zero-order valence-corrected chi connectivity index (χ0v) is 13.1. The molecule has 0 spiro atoms. The Bertz CT molecular complexity index is 744. The van der Waals surface area contributed by atoms with Gasteiger partial charge in [0.05, 0.1) is 18.4 Å². The molecule has 2 atom stereocenters. The lowest BCUT2D eigenvalue weighted by atomic mass is 9.67. The van der Waals surface area contributed by atoms with Gasteiger partial charge in [-0.25, -0.2) is 9.78 Å². The van der Waals surface area contributed by atoms with Gasteiger partial charge in [-0.1, -0.05) is 12.8 Å². The molecule has 1 fully saturated rings. The molecule has 0 aliphatic heterocycles. The Balaban J connectivity index is 1.85. The molecule has 0 amide bonds. The molecular formula is C15H18N4O4. The van der Waals surface area contributed by atoms with Crippen LogP contribution in [0.1, 0.15) is 32.6 Å². The molecule has 2 heterocycles. The third kappa shape index (κ3) is 2.64. The van der Waals surface area contributed by atoms with Gasteiger partial charge < -0.3 is 9.57 Å². The molecule has 0 saturated heterocycles. The molecule has 8 nitrogen and oxygen atoms in total. The van der Waals surface area contributed by atoms with Crippen molar-refractivity contribution >= 4 is 23.1 Å². The van der Waals surface area contributed by atoms with Crippen molar-refractivity contribution in [3.05, 3.63) is 18.3 Å². The van der Waals surface area contributed by atoms with Gasteiger partial charge in [-0.2, -0.15) is 0 Å². The quantitative estimate of drug-likeness (QED) is 0.618. The van der Waals surface area contributed by atoms with Gasteiger partial charge in [-0.05, 0) is 42.0 Å². The number of methoxy groups -OCH3 is 1. The molecule has 0 radical (unpaired) electrons. The van der Waals surface area contributed by atoms with Crippen LogP contribution in [0.3, 0.4) is 0 Å². The van der Waals surface area contributed by atoms with Crippen LogP contribution in [0, 0.1) is 11.3 Å². The van der Waals surface area contributed by atoms with Crippen LogP contribution in [0.5, 0.6) is 0 Å². The molecule has 0 unspecified atom stereocenters. The summed E-state index contributed by atoms with van der Waals surface area (Å²) in [6, 6.07) is 3.44. The lowest BCUT2D eigenvalue weighted by Gasteiger charge is -2.36. The number of carbonyl (C=O) groups excluding carboxylic acids is 2. The first-order valence-corrected chi connectivity index (χ1v) is 7.53. The fourth-order valence-corrected chi connectivity index (χ4v) is 3.14. The highest BCUT2D eigenvalue weighted by atomic mass is 16.7. The van der Waals surface area contributed by atoms with E-state index in [9.17, 15) is 9.59 Å². The van der Waals surface area contributed by atoms with E-state index >= 15 is 0 Å². The Kier molecular flexibility index (Phi) is 3.97. The third-order valence-corrected chi connectivity index (χ3v) is 4.50. The van der Waals surface area contributed by atoms with Crippen molar-refractivity contribution in [2.75, 3.05) is 7.11 Å². The molecule has 0 aromatic carbocycles. The summed E-state index contributed by atoms with van der Waals surface area (Å²) in [5.74, 6) is -1.48. The minimum atomic E-state index is -0.881. The molecule has 0 N–H and O–H groups in total. The molecule has 1 aliphatic carbocycles. The minimum Gasteiger partial charge on any atom is -0.469 e. The monoisotopic (exact) mass is 318 g/mol. The van der Waals surface area contributed by atoms with Crippen molar-refractivity contribution in [1.82, 2.24) is 20.1 Å². The number of nitrogens with zero attached hydrogens (tertiary/aromatic N) is 4. The van der Waals surface area contributed by atoms with Gasteiger partial charge in [0, 0.05) is 6.20 Å². The molecule has 0 bridgehead atoms. The average Bonchev–Trinajstić information content (AvgIpc) is 2.97. The number of ether oxygens (including phenoxy) is 1. The Morgan fingerprint density at radius 2 is 2.22 bits per heavy atom. The van der Waals surface area contributed by atoms with Gasteiger partial charge in [0.1, 0.15) is 5.52 Å². The number of hydrogen-bond acceptors (Lipinski definition) is 7. The van der Waals surface area contributed by atoms with Crippen molar-refractivity contribution < 1.29 is 19.2 Å². The topological polar surface area (TPSA) is 96.2 Å². The number of esters is 1. The van der Waals surface area contributed by atoms with Gasteiger partial charge in [-0.3, -0.25) is 4.79 Å². The molecule has 122 valence electrons. The average molecular weight is 318 g/mol. The summed E-state index contributed by atoms with van der Waals surface area (Å²) in [4.78, 5) is 35.2. The first-order valence-electron chi connectivity index (χ1n) is 7.53. The molecule has 3 rings (SSSR count). The van der Waals surface area contributed by atoms with E-state index in [2.05, 4.69) is 15.3 Å². The van der Waals surface area contributed by atoms with Gasteiger partial charge in [0.25, 0.3) is 0 Å². The van der Waals surface area contributed by atoms with Crippen molar-refractivity contribution in [2.24, 2.45) is 11.3 Å². The fraction of sp³-hybridized carbons (Fsp3) is 0.533. The molecular weight excluding hydrogens is 300 g/mol. The standard InChI is InChI=1S/C15H18N4O4/c1-15(14(21)22-2)8-4-3-6-10(15)13(20)23-19-12-11(17-18-19)7-5-9-16-12/h5,7,9-10H,3-4,6,8H2,1-2H3/t10-,15-/m0/s1. The van der Waals surface area contributed by atoms with Crippen molar-refractivity contribution in [3.63, 3.8) is 0 Å². The second kappa shape index (κ2) is 5.94. The van der Waals surface area contributed by atoms with Gasteiger partial charge in [-0.15, -0.1) is 5.10 Å². The van der Waals surface area contributed by atoms with E-state index in [1.54, 1.807) is 25.3 Å². The summed E-state index contributed by atoms with van der Waals surface area (Å²) < 4.78 is 4.88. The number of hydrogen-bond donors (Lipinski definition) is 0. The molecule has 1 saturated carbocycles. The summed E-state index contributed by atoms with van der Waals surface area (Å²) in [5, 5.41) is 7.67. The summed E-state index contributed by atoms with van der Waals surface area (Å²) >= 11 is 0. The van der Waals surface area contributed by atoms with Crippen LogP contribution >= 0.6 is 0 Å². The maximum Gasteiger partial charge on any atom is 0.339 e. The number of pyridine rings is 1. The predicted molar refractivity (Wildman–Crippen MR) is 79.0 cm³/mol. The highest BCUT2D eigenvalue weighted by molar-refractivity contribution is 5.85. The van der Waals surface area contributed by atoms with E-state index in [0.717, 1.165) is 17.7 Å². The Morgan fingerprint density at radius 3 is 3.00 bits per heavy atom. The van der Waals surface area contributed by atoms with E-state index in [1.807, 2.05) is 0 Å².